The van der Waals surface area contributed by atoms with Crippen molar-refractivity contribution in [3.63, 3.8) is 0 Å². The van der Waals surface area contributed by atoms with Gasteiger partial charge in [0.15, 0.2) is 0 Å². The van der Waals surface area contributed by atoms with Crippen LogP contribution in [0.25, 0.3) is 0 Å². The average Bonchev–Trinajstić information content (AvgIpc) is 2.30. The molecule has 4 nitrogen and oxygen atoms in total. The molecule has 0 unspecified atom stereocenters. The van der Waals surface area contributed by atoms with E-state index in [4.69, 9.17) is 5.73 Å². The van der Waals surface area contributed by atoms with E-state index in [1.54, 1.807) is 7.05 Å². The molecule has 2 amide bonds. The van der Waals surface area contributed by atoms with Gasteiger partial charge in [-0.05, 0) is 49.4 Å². The number of rotatable bonds is 3. The summed E-state index contributed by atoms with van der Waals surface area (Å²) in [5.41, 5.74) is 9.85. The quantitative estimate of drug-likeness (QED) is 0.814. The lowest BCUT2D eigenvalue weighted by Crippen LogP contribution is -2.38. The Morgan fingerprint density at radius 2 is 1.67 bits per heavy atom. The summed E-state index contributed by atoms with van der Waals surface area (Å²) in [4.78, 5) is 23.4. The fraction of sp³-hybridized carbons (Fsp3) is 0.429. The molecule has 0 spiro atoms. The highest BCUT2D eigenvalue weighted by Gasteiger charge is 2.14. The molecule has 1 aromatic rings. The number of hydrogen-bond donors (Lipinski definition) is 1. The first-order valence-corrected chi connectivity index (χ1v) is 5.94. The lowest BCUT2D eigenvalue weighted by molar-refractivity contribution is -0.143. The standard InChI is InChI=1S/C14H20N2O2/c1-9-7-11(3)12(8-10(9)2)5-6-16(4)14(18)13(15)17/h7-8H,5-6H2,1-4H3,(H2,15,17). The molecule has 18 heavy (non-hydrogen) atoms. The van der Waals surface area contributed by atoms with Gasteiger partial charge in [-0.2, -0.15) is 0 Å². The van der Waals surface area contributed by atoms with E-state index < -0.39 is 11.8 Å². The fourth-order valence-electron chi connectivity index (χ4n) is 1.87. The molecule has 0 fully saturated rings. The van der Waals surface area contributed by atoms with Crippen molar-refractivity contribution >= 4 is 11.8 Å². The van der Waals surface area contributed by atoms with Crippen molar-refractivity contribution in [2.75, 3.05) is 13.6 Å². The summed E-state index contributed by atoms with van der Waals surface area (Å²) < 4.78 is 0. The lowest BCUT2D eigenvalue weighted by atomic mass is 9.99. The molecule has 1 rings (SSSR count). The molecule has 0 heterocycles. The van der Waals surface area contributed by atoms with Crippen molar-refractivity contribution in [1.29, 1.82) is 0 Å². The van der Waals surface area contributed by atoms with Gasteiger partial charge in [0.2, 0.25) is 0 Å². The summed E-state index contributed by atoms with van der Waals surface area (Å²) in [6.07, 6.45) is 0.725. The maximum absolute atomic E-state index is 11.3. The highest BCUT2D eigenvalue weighted by Crippen LogP contribution is 2.16. The van der Waals surface area contributed by atoms with Crippen molar-refractivity contribution in [3.8, 4) is 0 Å². The Hall–Kier alpha value is -1.84. The van der Waals surface area contributed by atoms with E-state index in [1.165, 1.54) is 27.2 Å². The minimum Gasteiger partial charge on any atom is -0.361 e. The minimum absolute atomic E-state index is 0.491. The molecule has 1 aromatic carbocycles. The Bertz CT molecular complexity index is 481. The third-order valence-corrected chi connectivity index (χ3v) is 3.23. The van der Waals surface area contributed by atoms with Gasteiger partial charge in [-0.3, -0.25) is 9.59 Å². The van der Waals surface area contributed by atoms with Crippen LogP contribution in [0.1, 0.15) is 22.3 Å². The Morgan fingerprint density at radius 3 is 2.22 bits per heavy atom. The molecule has 0 atom stereocenters. The van der Waals surface area contributed by atoms with Crippen LogP contribution >= 0.6 is 0 Å². The summed E-state index contributed by atoms with van der Waals surface area (Å²) >= 11 is 0. The number of benzene rings is 1. The van der Waals surface area contributed by atoms with E-state index in [1.807, 2.05) is 0 Å². The third-order valence-electron chi connectivity index (χ3n) is 3.23. The topological polar surface area (TPSA) is 63.4 Å². The molecule has 0 radical (unpaired) electrons. The second-order valence-corrected chi connectivity index (χ2v) is 4.70. The Morgan fingerprint density at radius 1 is 1.11 bits per heavy atom. The first-order valence-electron chi connectivity index (χ1n) is 5.94. The number of amides is 2. The van der Waals surface area contributed by atoms with E-state index >= 15 is 0 Å². The van der Waals surface area contributed by atoms with Crippen LogP contribution in [0.2, 0.25) is 0 Å². The number of nitrogens with two attached hydrogens (primary N) is 1. The SMILES string of the molecule is Cc1cc(C)c(CCN(C)C(=O)C(N)=O)cc1C. The zero-order valence-electron chi connectivity index (χ0n) is 11.4. The molecular weight excluding hydrogens is 228 g/mol. The molecule has 0 aromatic heterocycles. The third kappa shape index (κ3) is 3.32. The van der Waals surface area contributed by atoms with E-state index in [-0.39, 0.29) is 0 Å². The molecule has 4 heteroatoms. The average molecular weight is 248 g/mol. The molecule has 2 N–H and O–H groups in total. The summed E-state index contributed by atoms with van der Waals surface area (Å²) in [7, 11) is 1.59. The zero-order valence-corrected chi connectivity index (χ0v) is 11.4. The van der Waals surface area contributed by atoms with Gasteiger partial charge in [-0.1, -0.05) is 12.1 Å². The van der Waals surface area contributed by atoms with Gasteiger partial charge < -0.3 is 10.6 Å². The minimum atomic E-state index is -0.908. The molecule has 0 saturated heterocycles. The molecule has 0 bridgehead atoms. The van der Waals surface area contributed by atoms with Crippen LogP contribution in [0.3, 0.4) is 0 Å². The second-order valence-electron chi connectivity index (χ2n) is 4.70. The summed E-state index contributed by atoms with van der Waals surface area (Å²) in [5.74, 6) is -1.55. The molecule has 0 aliphatic rings. The molecule has 98 valence electrons. The predicted molar refractivity (Wildman–Crippen MR) is 71.2 cm³/mol. The van der Waals surface area contributed by atoms with Gasteiger partial charge in [-0.25, -0.2) is 0 Å². The van der Waals surface area contributed by atoms with Gasteiger partial charge in [0.25, 0.3) is 0 Å². The smallest absolute Gasteiger partial charge is 0.311 e. The van der Waals surface area contributed by atoms with Crippen molar-refractivity contribution in [3.05, 3.63) is 34.4 Å². The van der Waals surface area contributed by atoms with Gasteiger partial charge in [0, 0.05) is 13.6 Å². The maximum atomic E-state index is 11.3. The van der Waals surface area contributed by atoms with Crippen LogP contribution in [0.15, 0.2) is 12.1 Å². The normalized spacial score (nSPS) is 10.2. The monoisotopic (exact) mass is 248 g/mol. The van der Waals surface area contributed by atoms with Crippen molar-refractivity contribution in [2.45, 2.75) is 27.2 Å². The van der Waals surface area contributed by atoms with E-state index in [0.29, 0.717) is 6.54 Å². The predicted octanol–water partition coefficient (Wildman–Crippen LogP) is 1.10. The number of hydrogen-bond acceptors (Lipinski definition) is 2. The van der Waals surface area contributed by atoms with Gasteiger partial charge >= 0.3 is 11.8 Å². The summed E-state index contributed by atoms with van der Waals surface area (Å²) in [5, 5.41) is 0. The number of likely N-dealkylation sites (N-methyl/N-ethyl adjacent to an activating group) is 1. The van der Waals surface area contributed by atoms with Crippen LogP contribution in [-0.2, 0) is 16.0 Å². The van der Waals surface area contributed by atoms with Gasteiger partial charge in [-0.15, -0.1) is 0 Å². The van der Waals surface area contributed by atoms with Crippen LogP contribution in [0.5, 0.6) is 0 Å². The van der Waals surface area contributed by atoms with Crippen molar-refractivity contribution < 1.29 is 9.59 Å². The number of aryl methyl sites for hydroxylation is 3. The summed E-state index contributed by atoms with van der Waals surface area (Å²) in [6.45, 7) is 6.69. The number of nitrogens with zero attached hydrogens (tertiary/aromatic N) is 1. The first kappa shape index (κ1) is 14.2. The second kappa shape index (κ2) is 5.67. The van der Waals surface area contributed by atoms with E-state index in [2.05, 4.69) is 32.9 Å². The fourth-order valence-corrected chi connectivity index (χ4v) is 1.87. The Kier molecular flexibility index (Phi) is 4.48. The highest BCUT2D eigenvalue weighted by molar-refractivity contribution is 6.34. The number of carbonyl (C=O) groups is 2. The molecule has 0 aliphatic carbocycles. The Labute approximate surface area is 108 Å². The molecule has 0 saturated carbocycles. The van der Waals surface area contributed by atoms with Crippen LogP contribution in [-0.4, -0.2) is 30.3 Å². The van der Waals surface area contributed by atoms with E-state index in [9.17, 15) is 9.59 Å². The highest BCUT2D eigenvalue weighted by atomic mass is 16.2. The maximum Gasteiger partial charge on any atom is 0.311 e. The van der Waals surface area contributed by atoms with Crippen LogP contribution in [0.4, 0.5) is 0 Å². The largest absolute Gasteiger partial charge is 0.361 e. The van der Waals surface area contributed by atoms with Gasteiger partial charge in [0.05, 0.1) is 0 Å². The molecule has 0 aliphatic heterocycles. The molecular formula is C14H20N2O2. The first-order chi connectivity index (χ1) is 8.32. The number of primary amides is 1. The number of carbonyl (C=O) groups excluding carboxylic acids is 2. The van der Waals surface area contributed by atoms with Crippen LogP contribution < -0.4 is 5.73 Å². The lowest BCUT2D eigenvalue weighted by Gasteiger charge is -2.16. The summed E-state index contributed by atoms with van der Waals surface area (Å²) in [6, 6.07) is 4.27. The Balaban J connectivity index is 2.72. The zero-order chi connectivity index (χ0) is 13.9. The van der Waals surface area contributed by atoms with E-state index in [0.717, 1.165) is 6.42 Å². The van der Waals surface area contributed by atoms with Crippen molar-refractivity contribution in [2.24, 2.45) is 5.73 Å². The van der Waals surface area contributed by atoms with Crippen molar-refractivity contribution in [1.82, 2.24) is 4.90 Å². The van der Waals surface area contributed by atoms with Crippen LogP contribution in [0, 0.1) is 20.8 Å². The van der Waals surface area contributed by atoms with Gasteiger partial charge in [0.1, 0.15) is 0 Å².